The summed E-state index contributed by atoms with van der Waals surface area (Å²) in [5, 5.41) is 13.4. The molecule has 4 aromatic rings. The second-order valence-electron chi connectivity index (χ2n) is 10.6. The molecule has 0 aliphatic carbocycles. The molecule has 0 radical (unpaired) electrons. The van der Waals surface area contributed by atoms with Crippen LogP contribution in [0.25, 0.3) is 0 Å². The molecule has 1 N–H and O–H groups in total. The summed E-state index contributed by atoms with van der Waals surface area (Å²) in [6.45, 7) is 1.56. The highest BCUT2D eigenvalue weighted by Gasteiger charge is 2.56. The summed E-state index contributed by atoms with van der Waals surface area (Å²) < 4.78 is 11.6. The van der Waals surface area contributed by atoms with Crippen molar-refractivity contribution < 1.29 is 33.6 Å². The van der Waals surface area contributed by atoms with Crippen molar-refractivity contribution in [3.63, 3.8) is 0 Å². The number of thioether (sulfide) groups is 1. The number of fused-ring (bicyclic) bond motifs is 2. The molecule has 1 saturated heterocycles. The van der Waals surface area contributed by atoms with E-state index in [1.807, 2.05) is 0 Å². The minimum Gasteiger partial charge on any atom is -0.497 e. The van der Waals surface area contributed by atoms with Gasteiger partial charge in [0.1, 0.15) is 17.5 Å². The average molecular weight is 675 g/mol. The van der Waals surface area contributed by atoms with Crippen LogP contribution in [-0.4, -0.2) is 52.1 Å². The minimum atomic E-state index is -0.934. The van der Waals surface area contributed by atoms with Crippen molar-refractivity contribution in [1.82, 2.24) is 4.57 Å². The molecule has 2 unspecified atom stereocenters. The average Bonchev–Trinajstić information content (AvgIpc) is 3.51. The highest BCUT2D eigenvalue weighted by atomic mass is 32.2. The summed E-state index contributed by atoms with van der Waals surface area (Å²) in [4.78, 5) is 78.2. The van der Waals surface area contributed by atoms with E-state index in [1.165, 1.54) is 48.1 Å². The van der Waals surface area contributed by atoms with Crippen LogP contribution < -0.4 is 19.8 Å². The standard InChI is InChI=1S/C32H26N4O9S2/c1-3-45-31(40)18-4-8-19(9-5-18)33-23(37)16-34-30-27(47-32(34)41)24(17-6-14-22(44-2)15-7-17)25-26(46-30)29(39)35(28(25)38)20-10-12-21(13-11-20)36(42)43/h4-15,24-26H,3,16H2,1-2H3,(H,33,37)/t24-,25?,26?/m0/s1. The van der Waals surface area contributed by atoms with Crippen LogP contribution in [0.5, 0.6) is 5.75 Å². The fourth-order valence-corrected chi connectivity index (χ4v) is 8.42. The third-order valence-electron chi connectivity index (χ3n) is 7.82. The largest absolute Gasteiger partial charge is 0.497 e. The number of carbonyl (C=O) groups is 4. The van der Waals surface area contributed by atoms with E-state index in [0.29, 0.717) is 32.5 Å². The molecule has 0 bridgehead atoms. The van der Waals surface area contributed by atoms with E-state index in [4.69, 9.17) is 9.47 Å². The topological polar surface area (TPSA) is 167 Å². The number of thiazole rings is 1. The molecule has 0 spiro atoms. The molecule has 13 nitrogen and oxygen atoms in total. The molecule has 2 aliphatic heterocycles. The Labute approximate surface area is 275 Å². The van der Waals surface area contributed by atoms with Gasteiger partial charge in [0.2, 0.25) is 17.7 Å². The lowest BCUT2D eigenvalue weighted by molar-refractivity contribution is -0.384. The number of aromatic nitrogens is 1. The van der Waals surface area contributed by atoms with E-state index in [1.54, 1.807) is 43.3 Å². The number of non-ortho nitro benzene ring substituents is 1. The van der Waals surface area contributed by atoms with E-state index in [-0.39, 0.29) is 24.5 Å². The first kappa shape index (κ1) is 31.7. The summed E-state index contributed by atoms with van der Waals surface area (Å²) in [5.74, 6) is -3.03. The number of rotatable bonds is 9. The molecule has 1 fully saturated rings. The molecule has 6 rings (SSSR count). The Morgan fingerprint density at radius 1 is 0.957 bits per heavy atom. The van der Waals surface area contributed by atoms with Crippen LogP contribution in [0.15, 0.2) is 82.6 Å². The zero-order chi connectivity index (χ0) is 33.4. The summed E-state index contributed by atoms with van der Waals surface area (Å²) in [6, 6.07) is 18.3. The van der Waals surface area contributed by atoms with Gasteiger partial charge in [-0.05, 0) is 61.0 Å². The molecule has 240 valence electrons. The van der Waals surface area contributed by atoms with Gasteiger partial charge in [-0.1, -0.05) is 35.2 Å². The number of amides is 3. The van der Waals surface area contributed by atoms with Crippen molar-refractivity contribution in [3.05, 3.63) is 109 Å². The third kappa shape index (κ3) is 5.90. The van der Waals surface area contributed by atoms with Gasteiger partial charge in [-0.2, -0.15) is 0 Å². The molecule has 3 heterocycles. The Bertz CT molecular complexity index is 1950. The van der Waals surface area contributed by atoms with Gasteiger partial charge in [0.15, 0.2) is 0 Å². The highest BCUT2D eigenvalue weighted by molar-refractivity contribution is 8.00. The number of nitrogens with one attached hydrogen (secondary N) is 1. The van der Waals surface area contributed by atoms with Crippen LogP contribution in [0.4, 0.5) is 17.1 Å². The third-order valence-corrected chi connectivity index (χ3v) is 10.4. The molecule has 3 amide bonds. The summed E-state index contributed by atoms with van der Waals surface area (Å²) in [6.07, 6.45) is 0. The number of hydrogen-bond donors (Lipinski definition) is 1. The highest BCUT2D eigenvalue weighted by Crippen LogP contribution is 2.54. The molecule has 47 heavy (non-hydrogen) atoms. The van der Waals surface area contributed by atoms with Crippen molar-refractivity contribution in [2.45, 2.75) is 29.7 Å². The van der Waals surface area contributed by atoms with Crippen LogP contribution in [0, 0.1) is 16.0 Å². The van der Waals surface area contributed by atoms with Crippen LogP contribution in [0.3, 0.4) is 0 Å². The monoisotopic (exact) mass is 674 g/mol. The molecule has 15 heteroatoms. The lowest BCUT2D eigenvalue weighted by Gasteiger charge is -2.30. The van der Waals surface area contributed by atoms with Gasteiger partial charge in [0, 0.05) is 28.6 Å². The van der Waals surface area contributed by atoms with Gasteiger partial charge in [0.05, 0.1) is 40.8 Å². The zero-order valence-electron chi connectivity index (χ0n) is 24.9. The Kier molecular flexibility index (Phi) is 8.66. The number of ether oxygens (including phenoxy) is 2. The molecule has 2 aliphatic rings. The maximum atomic E-state index is 14.0. The van der Waals surface area contributed by atoms with Crippen molar-refractivity contribution in [1.29, 1.82) is 0 Å². The molecule has 3 aromatic carbocycles. The molecule has 3 atom stereocenters. The van der Waals surface area contributed by atoms with E-state index >= 15 is 0 Å². The van der Waals surface area contributed by atoms with Crippen molar-refractivity contribution in [3.8, 4) is 5.75 Å². The second kappa shape index (κ2) is 12.8. The predicted molar refractivity (Wildman–Crippen MR) is 173 cm³/mol. The lowest BCUT2D eigenvalue weighted by atomic mass is 9.83. The normalized spacial score (nSPS) is 18.3. The van der Waals surface area contributed by atoms with Gasteiger partial charge < -0.3 is 14.8 Å². The Balaban J connectivity index is 1.33. The summed E-state index contributed by atoms with van der Waals surface area (Å²) >= 11 is 1.96. The Morgan fingerprint density at radius 3 is 2.26 bits per heavy atom. The van der Waals surface area contributed by atoms with E-state index in [2.05, 4.69) is 5.32 Å². The number of imide groups is 1. The van der Waals surface area contributed by atoms with Crippen LogP contribution in [-0.2, 0) is 25.7 Å². The molecular weight excluding hydrogens is 649 g/mol. The predicted octanol–water partition coefficient (Wildman–Crippen LogP) is 4.44. The SMILES string of the molecule is CCOC(=O)c1ccc(NC(=O)Cn2c3c(sc2=O)[C@@H](c2ccc(OC)cc2)C2C(=O)N(c4ccc([N+](=O)[O-])cc4)C(=O)C2S3)cc1. The summed E-state index contributed by atoms with van der Waals surface area (Å²) in [7, 11) is 1.52. The van der Waals surface area contributed by atoms with E-state index < -0.39 is 50.6 Å². The van der Waals surface area contributed by atoms with Gasteiger partial charge in [-0.3, -0.25) is 33.9 Å². The number of methoxy groups -OCH3 is 1. The number of nitro benzene ring substituents is 1. The van der Waals surface area contributed by atoms with Crippen molar-refractivity contribution in [2.24, 2.45) is 5.92 Å². The number of esters is 1. The fraction of sp³-hybridized carbons (Fsp3) is 0.219. The van der Waals surface area contributed by atoms with E-state index in [9.17, 15) is 34.1 Å². The first-order valence-corrected chi connectivity index (χ1v) is 16.0. The minimum absolute atomic E-state index is 0.185. The quantitative estimate of drug-likeness (QED) is 0.116. The van der Waals surface area contributed by atoms with Crippen molar-refractivity contribution in [2.75, 3.05) is 23.9 Å². The first-order chi connectivity index (χ1) is 22.6. The maximum absolute atomic E-state index is 14.0. The molecular formula is C32H26N4O9S2. The zero-order valence-corrected chi connectivity index (χ0v) is 26.5. The lowest BCUT2D eigenvalue weighted by Crippen LogP contribution is -2.33. The van der Waals surface area contributed by atoms with Gasteiger partial charge >= 0.3 is 10.8 Å². The van der Waals surface area contributed by atoms with Gasteiger partial charge in [0.25, 0.3) is 5.69 Å². The second-order valence-corrected chi connectivity index (χ2v) is 12.7. The van der Waals surface area contributed by atoms with Gasteiger partial charge in [-0.25, -0.2) is 9.69 Å². The van der Waals surface area contributed by atoms with Gasteiger partial charge in [-0.15, -0.1) is 0 Å². The maximum Gasteiger partial charge on any atom is 0.338 e. The number of benzene rings is 3. The van der Waals surface area contributed by atoms with Crippen LogP contribution in [0.1, 0.15) is 33.6 Å². The van der Waals surface area contributed by atoms with Crippen molar-refractivity contribution >= 4 is 63.9 Å². The van der Waals surface area contributed by atoms with Crippen LogP contribution in [0.2, 0.25) is 0 Å². The number of carbonyl (C=O) groups excluding carboxylic acids is 4. The summed E-state index contributed by atoms with van der Waals surface area (Å²) in [5.41, 5.74) is 1.41. The Morgan fingerprint density at radius 2 is 1.64 bits per heavy atom. The number of hydrogen-bond acceptors (Lipinski definition) is 11. The molecule has 1 aromatic heterocycles. The van der Waals surface area contributed by atoms with E-state index in [0.717, 1.165) is 28.0 Å². The smallest absolute Gasteiger partial charge is 0.338 e. The van der Waals surface area contributed by atoms with Crippen LogP contribution >= 0.6 is 23.1 Å². The Hall–Kier alpha value is -5.28. The number of nitrogens with zero attached hydrogens (tertiary/aromatic N) is 3. The first-order valence-electron chi connectivity index (χ1n) is 14.3. The number of nitro groups is 1. The number of anilines is 2. The molecule has 0 saturated carbocycles. The fourth-order valence-electron chi connectivity index (χ4n) is 5.65.